The quantitative estimate of drug-likeness (QED) is 0.355. The Morgan fingerprint density at radius 3 is 2.44 bits per heavy atom. The van der Waals surface area contributed by atoms with Gasteiger partial charge in [-0.25, -0.2) is 0 Å². The molecule has 0 aromatic heterocycles. The Bertz CT molecular complexity index is 120. The van der Waals surface area contributed by atoms with E-state index in [1.807, 2.05) is 0 Å². The van der Waals surface area contributed by atoms with Gasteiger partial charge in [0.2, 0.25) is 6.41 Å². The van der Waals surface area contributed by atoms with E-state index in [9.17, 15) is 4.79 Å². The van der Waals surface area contributed by atoms with Crippen LogP contribution < -0.4 is 5.73 Å². The van der Waals surface area contributed by atoms with E-state index in [0.29, 0.717) is 6.42 Å². The SMILES string of the molecule is NC=O.O=C1CC=CO1. The first kappa shape index (κ1) is 7.68. The van der Waals surface area contributed by atoms with Gasteiger partial charge in [0.25, 0.3) is 0 Å². The molecule has 4 nitrogen and oxygen atoms in total. The number of carbonyl (C=O) groups excluding carboxylic acids is 2. The van der Waals surface area contributed by atoms with Crippen molar-refractivity contribution in [3.63, 3.8) is 0 Å². The van der Waals surface area contributed by atoms with Gasteiger partial charge in [0, 0.05) is 0 Å². The van der Waals surface area contributed by atoms with Crippen LogP contribution in [0.4, 0.5) is 0 Å². The highest BCUT2D eigenvalue weighted by Gasteiger charge is 2.00. The zero-order valence-corrected chi connectivity index (χ0v) is 4.74. The monoisotopic (exact) mass is 129 g/mol. The second-order valence-corrected chi connectivity index (χ2v) is 1.20. The number of ether oxygens (including phenoxy) is 1. The van der Waals surface area contributed by atoms with Crippen LogP contribution in [-0.2, 0) is 14.3 Å². The molecule has 0 atom stereocenters. The summed E-state index contributed by atoms with van der Waals surface area (Å²) in [6.45, 7) is 0. The maximum absolute atomic E-state index is 9.96. The van der Waals surface area contributed by atoms with Crippen molar-refractivity contribution in [1.82, 2.24) is 0 Å². The van der Waals surface area contributed by atoms with Gasteiger partial charge in [-0.3, -0.25) is 9.59 Å². The fraction of sp³-hybridized carbons (Fsp3) is 0.200. The average molecular weight is 129 g/mol. The van der Waals surface area contributed by atoms with Gasteiger partial charge < -0.3 is 10.5 Å². The van der Waals surface area contributed by atoms with Crippen LogP contribution >= 0.6 is 0 Å². The molecule has 2 N–H and O–H groups in total. The Morgan fingerprint density at radius 1 is 1.78 bits per heavy atom. The zero-order valence-electron chi connectivity index (χ0n) is 4.74. The van der Waals surface area contributed by atoms with Crippen LogP contribution in [0, 0.1) is 0 Å². The first-order valence-electron chi connectivity index (χ1n) is 2.31. The summed E-state index contributed by atoms with van der Waals surface area (Å²) in [6, 6.07) is 0. The molecule has 4 heteroatoms. The predicted octanol–water partition coefficient (Wildman–Crippen LogP) is -0.452. The molecule has 0 fully saturated rings. The van der Waals surface area contributed by atoms with Gasteiger partial charge in [-0.05, 0) is 6.08 Å². The molecule has 0 bridgehead atoms. The predicted molar refractivity (Wildman–Crippen MR) is 30.1 cm³/mol. The second-order valence-electron chi connectivity index (χ2n) is 1.20. The minimum Gasteiger partial charge on any atom is -0.435 e. The molecule has 1 rings (SSSR count). The summed E-state index contributed by atoms with van der Waals surface area (Å²) >= 11 is 0. The van der Waals surface area contributed by atoms with Gasteiger partial charge in [-0.2, -0.15) is 0 Å². The van der Waals surface area contributed by atoms with Crippen LogP contribution in [0.25, 0.3) is 0 Å². The van der Waals surface area contributed by atoms with Crippen LogP contribution in [0.2, 0.25) is 0 Å². The molecule has 1 amide bonds. The maximum Gasteiger partial charge on any atom is 0.314 e. The van der Waals surface area contributed by atoms with Crippen molar-refractivity contribution in [2.24, 2.45) is 5.73 Å². The van der Waals surface area contributed by atoms with E-state index in [2.05, 4.69) is 10.5 Å². The number of esters is 1. The minimum atomic E-state index is -0.157. The molecule has 0 aromatic rings. The number of hydrogen-bond acceptors (Lipinski definition) is 3. The van der Waals surface area contributed by atoms with Gasteiger partial charge in [-0.15, -0.1) is 0 Å². The zero-order chi connectivity index (χ0) is 7.11. The third-order valence-electron chi connectivity index (χ3n) is 0.580. The molecule has 1 aliphatic rings. The highest BCUT2D eigenvalue weighted by molar-refractivity contribution is 5.73. The van der Waals surface area contributed by atoms with Crippen molar-refractivity contribution in [1.29, 1.82) is 0 Å². The summed E-state index contributed by atoms with van der Waals surface area (Å²) in [7, 11) is 0. The third kappa shape index (κ3) is 4.53. The number of nitrogens with two attached hydrogens (primary N) is 1. The molecule has 1 heterocycles. The lowest BCUT2D eigenvalue weighted by Crippen LogP contribution is -1.87. The van der Waals surface area contributed by atoms with E-state index < -0.39 is 0 Å². The lowest BCUT2D eigenvalue weighted by atomic mass is 10.5. The molecule has 0 spiro atoms. The summed E-state index contributed by atoms with van der Waals surface area (Å²) in [6.07, 6.45) is 3.78. The summed E-state index contributed by atoms with van der Waals surface area (Å²) in [4.78, 5) is 18.5. The van der Waals surface area contributed by atoms with E-state index in [4.69, 9.17) is 4.79 Å². The fourth-order valence-electron chi connectivity index (χ4n) is 0.316. The number of cyclic esters (lactones) is 1. The van der Waals surface area contributed by atoms with Crippen molar-refractivity contribution < 1.29 is 14.3 Å². The first-order valence-corrected chi connectivity index (χ1v) is 2.31. The second kappa shape index (κ2) is 4.83. The van der Waals surface area contributed by atoms with Crippen molar-refractivity contribution in [2.75, 3.05) is 0 Å². The number of hydrogen-bond donors (Lipinski definition) is 1. The van der Waals surface area contributed by atoms with Gasteiger partial charge in [0.1, 0.15) is 0 Å². The normalized spacial score (nSPS) is 13.6. The molecular weight excluding hydrogens is 122 g/mol. The van der Waals surface area contributed by atoms with Gasteiger partial charge in [0.05, 0.1) is 12.7 Å². The van der Waals surface area contributed by atoms with E-state index in [-0.39, 0.29) is 12.4 Å². The van der Waals surface area contributed by atoms with Crippen molar-refractivity contribution in [3.05, 3.63) is 12.3 Å². The standard InChI is InChI=1S/C4H4O2.CH3NO/c5-4-2-1-3-6-4;2-1-3/h1,3H,2H2;1H,(H2,2,3). The molecular formula is C5H7NO3. The molecule has 0 saturated carbocycles. The van der Waals surface area contributed by atoms with E-state index in [1.54, 1.807) is 6.08 Å². The lowest BCUT2D eigenvalue weighted by molar-refractivity contribution is -0.135. The first-order chi connectivity index (χ1) is 4.31. The van der Waals surface area contributed by atoms with Gasteiger partial charge in [0.15, 0.2) is 0 Å². The molecule has 50 valence electrons. The topological polar surface area (TPSA) is 69.4 Å². The Morgan fingerprint density at radius 2 is 2.33 bits per heavy atom. The minimum absolute atomic E-state index is 0.157. The molecule has 0 aromatic carbocycles. The van der Waals surface area contributed by atoms with Crippen LogP contribution in [0.3, 0.4) is 0 Å². The number of primary amides is 1. The van der Waals surface area contributed by atoms with Crippen LogP contribution in [0.5, 0.6) is 0 Å². The summed E-state index contributed by atoms with van der Waals surface area (Å²) in [5, 5.41) is 0. The van der Waals surface area contributed by atoms with Crippen molar-refractivity contribution in [2.45, 2.75) is 6.42 Å². The van der Waals surface area contributed by atoms with Crippen LogP contribution in [0.15, 0.2) is 12.3 Å². The molecule has 0 saturated heterocycles. The number of amides is 1. The van der Waals surface area contributed by atoms with E-state index >= 15 is 0 Å². The highest BCUT2D eigenvalue weighted by atomic mass is 16.5. The average Bonchev–Trinajstić information content (AvgIpc) is 2.20. The number of carbonyl (C=O) groups is 2. The Kier molecular flexibility index (Phi) is 4.12. The van der Waals surface area contributed by atoms with Crippen LogP contribution in [-0.4, -0.2) is 12.4 Å². The Hall–Kier alpha value is -1.32. The summed E-state index contributed by atoms with van der Waals surface area (Å²) < 4.78 is 4.33. The Balaban J connectivity index is 0.000000187. The van der Waals surface area contributed by atoms with Crippen molar-refractivity contribution in [3.8, 4) is 0 Å². The maximum atomic E-state index is 9.96. The van der Waals surface area contributed by atoms with Crippen molar-refractivity contribution >= 4 is 12.4 Å². The van der Waals surface area contributed by atoms with E-state index in [0.717, 1.165) is 0 Å². The third-order valence-corrected chi connectivity index (χ3v) is 0.580. The molecule has 0 aliphatic carbocycles. The molecule has 0 unspecified atom stereocenters. The van der Waals surface area contributed by atoms with E-state index in [1.165, 1.54) is 6.26 Å². The molecule has 0 radical (unpaired) electrons. The van der Waals surface area contributed by atoms with Crippen LogP contribution in [0.1, 0.15) is 6.42 Å². The lowest BCUT2D eigenvalue weighted by Gasteiger charge is -1.78. The summed E-state index contributed by atoms with van der Waals surface area (Å²) in [5.74, 6) is -0.157. The fourth-order valence-corrected chi connectivity index (χ4v) is 0.316. The number of rotatable bonds is 0. The molecule has 1 aliphatic heterocycles. The smallest absolute Gasteiger partial charge is 0.314 e. The van der Waals surface area contributed by atoms with Gasteiger partial charge in [-0.1, -0.05) is 0 Å². The highest BCUT2D eigenvalue weighted by Crippen LogP contribution is 1.96. The molecule has 9 heavy (non-hydrogen) atoms. The van der Waals surface area contributed by atoms with Gasteiger partial charge >= 0.3 is 5.97 Å². The summed E-state index contributed by atoms with van der Waals surface area (Å²) in [5.41, 5.74) is 4.17. The Labute approximate surface area is 52.3 Å². The largest absolute Gasteiger partial charge is 0.435 e.